The van der Waals surface area contributed by atoms with Gasteiger partial charge in [0.05, 0.1) is 6.61 Å². The van der Waals surface area contributed by atoms with Crippen molar-refractivity contribution in [3.63, 3.8) is 0 Å². The molecule has 0 saturated heterocycles. The summed E-state index contributed by atoms with van der Waals surface area (Å²) >= 11 is 5.21. The van der Waals surface area contributed by atoms with E-state index in [2.05, 4.69) is 31.4 Å². The maximum atomic E-state index is 5.37. The second kappa shape index (κ2) is 5.87. The van der Waals surface area contributed by atoms with Gasteiger partial charge in [0.15, 0.2) is 5.11 Å². The van der Waals surface area contributed by atoms with Crippen LogP contribution in [0.4, 0.5) is 5.69 Å². The van der Waals surface area contributed by atoms with Crippen molar-refractivity contribution in [1.82, 2.24) is 5.32 Å². The lowest BCUT2D eigenvalue weighted by Gasteiger charge is -2.23. The molecule has 1 aromatic carbocycles. The average molecular weight is 252 g/mol. The molecule has 0 unspecified atom stereocenters. The summed E-state index contributed by atoms with van der Waals surface area (Å²) in [5, 5.41) is 6.96. The van der Waals surface area contributed by atoms with Crippen molar-refractivity contribution in [1.29, 1.82) is 0 Å². The molecule has 1 rings (SSSR count). The molecule has 0 aliphatic heterocycles. The molecule has 1 aromatic rings. The zero-order valence-corrected chi connectivity index (χ0v) is 11.6. The quantitative estimate of drug-likeness (QED) is 0.810. The van der Waals surface area contributed by atoms with Gasteiger partial charge in [0.25, 0.3) is 0 Å². The van der Waals surface area contributed by atoms with Crippen LogP contribution in [0.25, 0.3) is 0 Å². The molecule has 0 amide bonds. The van der Waals surface area contributed by atoms with E-state index in [-0.39, 0.29) is 5.54 Å². The highest BCUT2D eigenvalue weighted by Gasteiger charge is 2.10. The maximum absolute atomic E-state index is 5.37. The summed E-state index contributed by atoms with van der Waals surface area (Å²) < 4.78 is 5.37. The van der Waals surface area contributed by atoms with Crippen LogP contribution in [0.15, 0.2) is 24.3 Å². The van der Waals surface area contributed by atoms with Crippen LogP contribution in [0.2, 0.25) is 0 Å². The number of anilines is 1. The third-order valence-electron chi connectivity index (χ3n) is 1.91. The van der Waals surface area contributed by atoms with Crippen LogP contribution >= 0.6 is 12.2 Å². The number of hydrogen-bond donors (Lipinski definition) is 2. The molecule has 3 nitrogen and oxygen atoms in total. The molecule has 0 radical (unpaired) electrons. The molecule has 0 bridgehead atoms. The Labute approximate surface area is 109 Å². The van der Waals surface area contributed by atoms with Gasteiger partial charge < -0.3 is 15.4 Å². The molecule has 94 valence electrons. The fourth-order valence-corrected chi connectivity index (χ4v) is 1.73. The van der Waals surface area contributed by atoms with Crippen LogP contribution < -0.4 is 15.4 Å². The first-order valence-corrected chi connectivity index (χ1v) is 6.13. The monoisotopic (exact) mass is 252 g/mol. The van der Waals surface area contributed by atoms with Gasteiger partial charge in [-0.1, -0.05) is 0 Å². The lowest BCUT2D eigenvalue weighted by molar-refractivity contribution is 0.340. The molecule has 0 saturated carbocycles. The molecular formula is C13H20N2OS. The first-order chi connectivity index (χ1) is 7.90. The second-order valence-electron chi connectivity index (χ2n) is 4.79. The van der Waals surface area contributed by atoms with E-state index in [4.69, 9.17) is 17.0 Å². The number of nitrogens with one attached hydrogen (secondary N) is 2. The molecule has 2 N–H and O–H groups in total. The first-order valence-electron chi connectivity index (χ1n) is 5.73. The molecule has 17 heavy (non-hydrogen) atoms. The van der Waals surface area contributed by atoms with E-state index in [0.717, 1.165) is 11.4 Å². The van der Waals surface area contributed by atoms with Crippen LogP contribution in [0.3, 0.4) is 0 Å². The highest BCUT2D eigenvalue weighted by atomic mass is 32.1. The van der Waals surface area contributed by atoms with E-state index < -0.39 is 0 Å². The van der Waals surface area contributed by atoms with E-state index in [9.17, 15) is 0 Å². The van der Waals surface area contributed by atoms with E-state index in [0.29, 0.717) is 11.7 Å². The minimum absolute atomic E-state index is 0.0324. The van der Waals surface area contributed by atoms with E-state index in [1.807, 2.05) is 31.2 Å². The van der Waals surface area contributed by atoms with Gasteiger partial charge in [0, 0.05) is 11.2 Å². The SMILES string of the molecule is CCOc1ccc(NC(=S)NC(C)(C)C)cc1. The fourth-order valence-electron chi connectivity index (χ4n) is 1.30. The fraction of sp³-hybridized carbons (Fsp3) is 0.462. The Morgan fingerprint density at radius 2 is 1.82 bits per heavy atom. The van der Waals surface area contributed by atoms with E-state index >= 15 is 0 Å². The zero-order valence-electron chi connectivity index (χ0n) is 10.8. The number of benzene rings is 1. The molecule has 0 heterocycles. The summed E-state index contributed by atoms with van der Waals surface area (Å²) in [4.78, 5) is 0. The van der Waals surface area contributed by atoms with Gasteiger partial charge in [0.1, 0.15) is 5.75 Å². The first kappa shape index (κ1) is 13.8. The lowest BCUT2D eigenvalue weighted by atomic mass is 10.1. The molecular weight excluding hydrogens is 232 g/mol. The lowest BCUT2D eigenvalue weighted by Crippen LogP contribution is -2.42. The number of ether oxygens (including phenoxy) is 1. The van der Waals surface area contributed by atoms with Gasteiger partial charge in [-0.15, -0.1) is 0 Å². The van der Waals surface area contributed by atoms with Gasteiger partial charge in [0.2, 0.25) is 0 Å². The maximum Gasteiger partial charge on any atom is 0.171 e. The Bertz CT molecular complexity index is 368. The van der Waals surface area contributed by atoms with Gasteiger partial charge >= 0.3 is 0 Å². The summed E-state index contributed by atoms with van der Waals surface area (Å²) in [5.74, 6) is 0.868. The molecule has 0 aliphatic rings. The molecule has 0 aliphatic carbocycles. The summed E-state index contributed by atoms with van der Waals surface area (Å²) in [6.07, 6.45) is 0. The van der Waals surface area contributed by atoms with Crippen LogP contribution in [0, 0.1) is 0 Å². The van der Waals surface area contributed by atoms with Crippen molar-refractivity contribution in [3.8, 4) is 5.75 Å². The van der Waals surface area contributed by atoms with Crippen LogP contribution in [-0.2, 0) is 0 Å². The van der Waals surface area contributed by atoms with Crippen molar-refractivity contribution in [2.45, 2.75) is 33.2 Å². The van der Waals surface area contributed by atoms with Crippen molar-refractivity contribution in [2.75, 3.05) is 11.9 Å². The minimum atomic E-state index is -0.0324. The molecule has 0 fully saturated rings. The van der Waals surface area contributed by atoms with Gasteiger partial charge in [-0.2, -0.15) is 0 Å². The minimum Gasteiger partial charge on any atom is -0.494 e. The Balaban J connectivity index is 2.54. The normalized spacial score (nSPS) is 10.8. The second-order valence-corrected chi connectivity index (χ2v) is 5.19. The standard InChI is InChI=1S/C13H20N2OS/c1-5-16-11-8-6-10(7-9-11)14-12(17)15-13(2,3)4/h6-9H,5H2,1-4H3,(H2,14,15,17). The highest BCUT2D eigenvalue weighted by molar-refractivity contribution is 7.80. The van der Waals surface area contributed by atoms with E-state index in [1.54, 1.807) is 0 Å². The van der Waals surface area contributed by atoms with Crippen molar-refractivity contribution < 1.29 is 4.74 Å². The Kier molecular flexibility index (Phi) is 4.75. The molecule has 0 spiro atoms. The van der Waals surface area contributed by atoms with Crippen LogP contribution in [0.1, 0.15) is 27.7 Å². The Hall–Kier alpha value is -1.29. The topological polar surface area (TPSA) is 33.3 Å². The Morgan fingerprint density at radius 3 is 2.29 bits per heavy atom. The summed E-state index contributed by atoms with van der Waals surface area (Å²) in [5.41, 5.74) is 0.921. The third-order valence-corrected chi connectivity index (χ3v) is 2.12. The largest absolute Gasteiger partial charge is 0.494 e. The third kappa shape index (κ3) is 5.54. The van der Waals surface area contributed by atoms with Crippen molar-refractivity contribution in [3.05, 3.63) is 24.3 Å². The predicted molar refractivity (Wildman–Crippen MR) is 76.7 cm³/mol. The predicted octanol–water partition coefficient (Wildman–Crippen LogP) is 3.17. The van der Waals surface area contributed by atoms with Gasteiger partial charge in [-0.3, -0.25) is 0 Å². The van der Waals surface area contributed by atoms with Crippen LogP contribution in [0.5, 0.6) is 5.75 Å². The van der Waals surface area contributed by atoms with Crippen molar-refractivity contribution >= 4 is 23.0 Å². The number of rotatable bonds is 3. The zero-order chi connectivity index (χ0) is 12.9. The molecule has 0 aromatic heterocycles. The van der Waals surface area contributed by atoms with Crippen molar-refractivity contribution in [2.24, 2.45) is 0 Å². The average Bonchev–Trinajstić information content (AvgIpc) is 2.18. The highest BCUT2D eigenvalue weighted by Crippen LogP contribution is 2.15. The van der Waals surface area contributed by atoms with Gasteiger partial charge in [-0.05, 0) is 64.2 Å². The Morgan fingerprint density at radius 1 is 1.24 bits per heavy atom. The summed E-state index contributed by atoms with van der Waals surface area (Å²) in [7, 11) is 0. The number of thiocarbonyl (C=S) groups is 1. The summed E-state index contributed by atoms with van der Waals surface area (Å²) in [6.45, 7) is 8.85. The number of hydrogen-bond acceptors (Lipinski definition) is 2. The smallest absolute Gasteiger partial charge is 0.171 e. The van der Waals surface area contributed by atoms with E-state index in [1.165, 1.54) is 0 Å². The molecule has 0 atom stereocenters. The van der Waals surface area contributed by atoms with Gasteiger partial charge in [-0.25, -0.2) is 0 Å². The van der Waals surface area contributed by atoms with Crippen LogP contribution in [-0.4, -0.2) is 17.3 Å². The molecule has 4 heteroatoms. The summed E-state index contributed by atoms with van der Waals surface area (Å²) in [6, 6.07) is 7.74.